The van der Waals surface area contributed by atoms with E-state index >= 15 is 0 Å². The van der Waals surface area contributed by atoms with E-state index < -0.39 is 0 Å². The maximum Gasteiger partial charge on any atom is 0.220 e. The summed E-state index contributed by atoms with van der Waals surface area (Å²) in [6.45, 7) is 2.83. The number of amides is 1. The lowest BCUT2D eigenvalue weighted by molar-refractivity contribution is -0.121. The van der Waals surface area contributed by atoms with E-state index in [-0.39, 0.29) is 5.91 Å². The summed E-state index contributed by atoms with van der Waals surface area (Å²) in [5.74, 6) is 3.67. The number of benzene rings is 2. The molecule has 1 amide bonds. The van der Waals surface area contributed by atoms with Gasteiger partial charge in [-0.25, -0.2) is 0 Å². The molecule has 1 saturated heterocycles. The van der Waals surface area contributed by atoms with E-state index in [0.29, 0.717) is 12.3 Å². The van der Waals surface area contributed by atoms with Crippen molar-refractivity contribution in [1.29, 1.82) is 0 Å². The van der Waals surface area contributed by atoms with Crippen LogP contribution in [0.15, 0.2) is 47.5 Å². The molecule has 0 aliphatic carbocycles. The second-order valence-corrected chi connectivity index (χ2v) is 8.58. The van der Waals surface area contributed by atoms with E-state index in [4.69, 9.17) is 0 Å². The normalized spacial score (nSPS) is 15.5. The van der Waals surface area contributed by atoms with Gasteiger partial charge in [-0.2, -0.15) is 11.8 Å². The first-order valence-electron chi connectivity index (χ1n) is 10.4. The standard InChI is InChI=1S/C23H32N4OS/c1-24-22(28)16-18-10-13-27(14-11-18)23(25-2)26-12-15-29-17-20-8-5-7-19-6-3-4-9-21(19)20/h3-9,18H,10-17H2,1-2H3,(H,24,28)(H,25,26). The number of piperidine rings is 1. The number of thioether (sulfide) groups is 1. The summed E-state index contributed by atoms with van der Waals surface area (Å²) in [5, 5.41) is 8.89. The van der Waals surface area contributed by atoms with E-state index in [1.807, 2.05) is 18.8 Å². The van der Waals surface area contributed by atoms with Gasteiger partial charge in [0, 0.05) is 51.7 Å². The Morgan fingerprint density at radius 2 is 1.93 bits per heavy atom. The number of nitrogens with one attached hydrogen (secondary N) is 2. The Balaban J connectivity index is 1.39. The van der Waals surface area contributed by atoms with Crippen LogP contribution in [0.4, 0.5) is 0 Å². The van der Waals surface area contributed by atoms with E-state index in [9.17, 15) is 4.79 Å². The molecule has 2 aromatic carbocycles. The van der Waals surface area contributed by atoms with E-state index in [2.05, 4.69) is 63.0 Å². The summed E-state index contributed by atoms with van der Waals surface area (Å²) >= 11 is 1.95. The number of carbonyl (C=O) groups excluding carboxylic acids is 1. The van der Waals surface area contributed by atoms with Crippen molar-refractivity contribution in [2.75, 3.05) is 39.5 Å². The second kappa shape index (κ2) is 11.1. The van der Waals surface area contributed by atoms with Crippen molar-refractivity contribution in [3.05, 3.63) is 48.0 Å². The first-order valence-corrected chi connectivity index (χ1v) is 11.6. The van der Waals surface area contributed by atoms with Crippen molar-refractivity contribution in [3.8, 4) is 0 Å². The van der Waals surface area contributed by atoms with Crippen LogP contribution in [0.25, 0.3) is 10.8 Å². The van der Waals surface area contributed by atoms with Crippen molar-refractivity contribution in [2.24, 2.45) is 10.9 Å². The summed E-state index contributed by atoms with van der Waals surface area (Å²) in [7, 11) is 3.56. The van der Waals surface area contributed by atoms with Crippen molar-refractivity contribution in [3.63, 3.8) is 0 Å². The molecule has 1 heterocycles. The van der Waals surface area contributed by atoms with Crippen molar-refractivity contribution in [2.45, 2.75) is 25.0 Å². The van der Waals surface area contributed by atoms with E-state index in [0.717, 1.165) is 49.9 Å². The predicted octanol–water partition coefficient (Wildman–Crippen LogP) is 3.50. The fraction of sp³-hybridized carbons (Fsp3) is 0.478. The van der Waals surface area contributed by atoms with Gasteiger partial charge in [-0.1, -0.05) is 42.5 Å². The highest BCUT2D eigenvalue weighted by Crippen LogP contribution is 2.23. The van der Waals surface area contributed by atoms with Crippen LogP contribution in [0.2, 0.25) is 0 Å². The summed E-state index contributed by atoms with van der Waals surface area (Å²) in [5.41, 5.74) is 1.40. The van der Waals surface area contributed by atoms with E-state index in [1.165, 1.54) is 16.3 Å². The van der Waals surface area contributed by atoms with Gasteiger partial charge in [0.15, 0.2) is 5.96 Å². The molecule has 3 rings (SSSR count). The third-order valence-corrected chi connectivity index (χ3v) is 6.55. The van der Waals surface area contributed by atoms with Crippen LogP contribution in [-0.4, -0.2) is 56.2 Å². The number of hydrogen-bond acceptors (Lipinski definition) is 3. The van der Waals surface area contributed by atoms with Gasteiger partial charge in [0.25, 0.3) is 0 Å². The minimum absolute atomic E-state index is 0.147. The molecule has 2 aromatic rings. The first-order chi connectivity index (χ1) is 14.2. The van der Waals surface area contributed by atoms with Crippen LogP contribution in [0.5, 0.6) is 0 Å². The molecule has 2 N–H and O–H groups in total. The Hall–Kier alpha value is -2.21. The topological polar surface area (TPSA) is 56.7 Å². The minimum Gasteiger partial charge on any atom is -0.359 e. The molecule has 1 fully saturated rings. The lowest BCUT2D eigenvalue weighted by Gasteiger charge is -2.34. The molecule has 156 valence electrons. The summed E-state index contributed by atoms with van der Waals surface area (Å²) in [4.78, 5) is 18.3. The van der Waals surface area contributed by atoms with Gasteiger partial charge in [0.2, 0.25) is 5.91 Å². The zero-order chi connectivity index (χ0) is 20.5. The molecule has 1 aliphatic rings. The highest BCUT2D eigenvalue weighted by atomic mass is 32.2. The smallest absolute Gasteiger partial charge is 0.220 e. The Morgan fingerprint density at radius 3 is 2.69 bits per heavy atom. The highest BCUT2D eigenvalue weighted by Gasteiger charge is 2.22. The molecule has 0 radical (unpaired) electrons. The average molecular weight is 413 g/mol. The number of guanidine groups is 1. The Kier molecular flexibility index (Phi) is 8.23. The van der Waals surface area contributed by atoms with Crippen LogP contribution in [0.1, 0.15) is 24.8 Å². The molecule has 0 bridgehead atoms. The number of carbonyl (C=O) groups is 1. The molecule has 1 aliphatic heterocycles. The predicted molar refractivity (Wildman–Crippen MR) is 124 cm³/mol. The molecule has 0 aromatic heterocycles. The highest BCUT2D eigenvalue weighted by molar-refractivity contribution is 7.98. The van der Waals surface area contributed by atoms with Gasteiger partial charge in [0.05, 0.1) is 0 Å². The molecule has 0 atom stereocenters. The monoisotopic (exact) mass is 412 g/mol. The van der Waals surface area contributed by atoms with Crippen molar-refractivity contribution < 1.29 is 4.79 Å². The van der Waals surface area contributed by atoms with Crippen LogP contribution in [0.3, 0.4) is 0 Å². The zero-order valence-corrected chi connectivity index (χ0v) is 18.3. The molecule has 0 unspecified atom stereocenters. The lowest BCUT2D eigenvalue weighted by atomic mass is 9.93. The van der Waals surface area contributed by atoms with Crippen molar-refractivity contribution >= 4 is 34.4 Å². The average Bonchev–Trinajstić information content (AvgIpc) is 2.77. The minimum atomic E-state index is 0.147. The summed E-state index contributed by atoms with van der Waals surface area (Å²) < 4.78 is 0. The van der Waals surface area contributed by atoms with Crippen LogP contribution >= 0.6 is 11.8 Å². The zero-order valence-electron chi connectivity index (χ0n) is 17.5. The molecule has 6 heteroatoms. The maximum absolute atomic E-state index is 11.6. The van der Waals surface area contributed by atoms with Gasteiger partial charge in [0.1, 0.15) is 0 Å². The fourth-order valence-corrected chi connectivity index (χ4v) is 4.74. The second-order valence-electron chi connectivity index (χ2n) is 7.47. The Morgan fingerprint density at radius 1 is 1.17 bits per heavy atom. The van der Waals surface area contributed by atoms with Crippen molar-refractivity contribution in [1.82, 2.24) is 15.5 Å². The SMILES string of the molecule is CN=C(NCCSCc1cccc2ccccc12)N1CCC(CC(=O)NC)CC1. The van der Waals surface area contributed by atoms with Gasteiger partial charge in [-0.15, -0.1) is 0 Å². The lowest BCUT2D eigenvalue weighted by Crippen LogP contribution is -2.46. The number of aliphatic imine (C=N–C) groups is 1. The van der Waals surface area contributed by atoms with Gasteiger partial charge in [-0.3, -0.25) is 9.79 Å². The molecular formula is C23H32N4OS. The number of rotatable bonds is 7. The fourth-order valence-electron chi connectivity index (χ4n) is 3.88. The summed E-state index contributed by atoms with van der Waals surface area (Å²) in [6, 6.07) is 15.1. The van der Waals surface area contributed by atoms with Crippen LogP contribution < -0.4 is 10.6 Å². The molecule has 29 heavy (non-hydrogen) atoms. The third kappa shape index (κ3) is 6.13. The number of fused-ring (bicyclic) bond motifs is 1. The molecule has 0 saturated carbocycles. The number of likely N-dealkylation sites (tertiary alicyclic amines) is 1. The number of hydrogen-bond donors (Lipinski definition) is 2. The Bertz CT molecular complexity index is 825. The van der Waals surface area contributed by atoms with Crippen LogP contribution in [-0.2, 0) is 10.5 Å². The van der Waals surface area contributed by atoms with E-state index in [1.54, 1.807) is 7.05 Å². The maximum atomic E-state index is 11.6. The molecular weight excluding hydrogens is 380 g/mol. The van der Waals surface area contributed by atoms with Gasteiger partial charge >= 0.3 is 0 Å². The summed E-state index contributed by atoms with van der Waals surface area (Å²) in [6.07, 6.45) is 2.73. The van der Waals surface area contributed by atoms with Crippen LogP contribution in [0, 0.1) is 5.92 Å². The number of nitrogens with zero attached hydrogens (tertiary/aromatic N) is 2. The third-order valence-electron chi connectivity index (χ3n) is 5.55. The molecule has 5 nitrogen and oxygen atoms in total. The first kappa shape index (κ1) is 21.5. The van der Waals surface area contributed by atoms with Gasteiger partial charge < -0.3 is 15.5 Å². The molecule has 0 spiro atoms. The Labute approximate surface area is 178 Å². The quantitative estimate of drug-likeness (QED) is 0.415. The van der Waals surface area contributed by atoms with Gasteiger partial charge in [-0.05, 0) is 35.1 Å². The largest absolute Gasteiger partial charge is 0.359 e.